The molecule has 3 atom stereocenters. The number of urea groups is 1. The highest BCUT2D eigenvalue weighted by atomic mass is 32.2. The molecule has 1 aliphatic carbocycles. The molecule has 2 amide bonds. The highest BCUT2D eigenvalue weighted by molar-refractivity contribution is 7.99. The number of thioether (sulfide) groups is 1. The molecule has 1 saturated carbocycles. The fraction of sp³-hybridized carbons (Fsp3) is 0.857. The van der Waals surface area contributed by atoms with E-state index in [-0.39, 0.29) is 24.4 Å². The molecule has 3 N–H and O–H groups in total. The van der Waals surface area contributed by atoms with Crippen molar-refractivity contribution in [3.63, 3.8) is 0 Å². The van der Waals surface area contributed by atoms with Crippen LogP contribution in [0.4, 0.5) is 4.79 Å². The SMILES string of the molecule is CCSC1CCCC1NC(=O)NCC(C)CCC(=O)O. The summed E-state index contributed by atoms with van der Waals surface area (Å²) < 4.78 is 0. The van der Waals surface area contributed by atoms with Gasteiger partial charge in [0.1, 0.15) is 0 Å². The smallest absolute Gasteiger partial charge is 0.315 e. The highest BCUT2D eigenvalue weighted by Gasteiger charge is 2.28. The van der Waals surface area contributed by atoms with Crippen LogP contribution in [0.3, 0.4) is 0 Å². The van der Waals surface area contributed by atoms with Crippen molar-refractivity contribution in [1.82, 2.24) is 10.6 Å². The zero-order valence-corrected chi connectivity index (χ0v) is 13.2. The molecule has 6 heteroatoms. The van der Waals surface area contributed by atoms with E-state index >= 15 is 0 Å². The van der Waals surface area contributed by atoms with Gasteiger partial charge in [-0.05, 0) is 30.9 Å². The van der Waals surface area contributed by atoms with Crippen molar-refractivity contribution >= 4 is 23.8 Å². The van der Waals surface area contributed by atoms with Gasteiger partial charge in [-0.3, -0.25) is 4.79 Å². The van der Waals surface area contributed by atoms with E-state index in [4.69, 9.17) is 5.11 Å². The highest BCUT2D eigenvalue weighted by Crippen LogP contribution is 2.29. The Labute approximate surface area is 125 Å². The Morgan fingerprint density at radius 2 is 2.15 bits per heavy atom. The number of carboxylic acids is 1. The number of hydrogen-bond acceptors (Lipinski definition) is 3. The van der Waals surface area contributed by atoms with Gasteiger partial charge in [-0.1, -0.05) is 20.3 Å². The third kappa shape index (κ3) is 6.50. The third-order valence-electron chi connectivity index (χ3n) is 3.61. The number of carbonyl (C=O) groups is 2. The van der Waals surface area contributed by atoms with Crippen molar-refractivity contribution in [2.75, 3.05) is 12.3 Å². The summed E-state index contributed by atoms with van der Waals surface area (Å²) in [5, 5.41) is 15.0. The number of hydrogen-bond donors (Lipinski definition) is 3. The van der Waals surface area contributed by atoms with Gasteiger partial charge in [-0.15, -0.1) is 0 Å². The molecule has 0 aromatic carbocycles. The molecule has 0 radical (unpaired) electrons. The maximum absolute atomic E-state index is 11.8. The summed E-state index contributed by atoms with van der Waals surface area (Å²) in [6, 6.07) is 0.148. The first-order chi connectivity index (χ1) is 9.52. The van der Waals surface area contributed by atoms with E-state index in [0.29, 0.717) is 18.2 Å². The second-order valence-electron chi connectivity index (χ2n) is 5.42. The number of carboxylic acid groups (broad SMARTS) is 1. The second-order valence-corrected chi connectivity index (χ2v) is 6.94. The largest absolute Gasteiger partial charge is 0.481 e. The van der Waals surface area contributed by atoms with E-state index in [2.05, 4.69) is 17.6 Å². The normalized spacial score (nSPS) is 23.3. The van der Waals surface area contributed by atoms with Crippen LogP contribution in [0.2, 0.25) is 0 Å². The maximum Gasteiger partial charge on any atom is 0.315 e. The van der Waals surface area contributed by atoms with Gasteiger partial charge in [0.15, 0.2) is 0 Å². The monoisotopic (exact) mass is 302 g/mol. The summed E-state index contributed by atoms with van der Waals surface area (Å²) in [5.41, 5.74) is 0. The number of carbonyl (C=O) groups excluding carboxylic acids is 1. The molecule has 0 aromatic heterocycles. The first-order valence-electron chi connectivity index (χ1n) is 7.40. The Kier molecular flexibility index (Phi) is 7.80. The zero-order chi connectivity index (χ0) is 15.0. The summed E-state index contributed by atoms with van der Waals surface area (Å²) in [7, 11) is 0. The average Bonchev–Trinajstić information content (AvgIpc) is 2.82. The number of rotatable bonds is 8. The number of nitrogens with one attached hydrogen (secondary N) is 2. The third-order valence-corrected chi connectivity index (χ3v) is 4.94. The van der Waals surface area contributed by atoms with Gasteiger partial charge in [0.2, 0.25) is 0 Å². The summed E-state index contributed by atoms with van der Waals surface area (Å²) in [5.74, 6) is 0.476. The van der Waals surface area contributed by atoms with E-state index in [1.165, 1.54) is 12.8 Å². The van der Waals surface area contributed by atoms with Gasteiger partial charge in [0.05, 0.1) is 0 Å². The van der Waals surface area contributed by atoms with Gasteiger partial charge in [-0.25, -0.2) is 4.79 Å². The molecule has 5 nitrogen and oxygen atoms in total. The van der Waals surface area contributed by atoms with Crippen molar-refractivity contribution in [1.29, 1.82) is 0 Å². The van der Waals surface area contributed by atoms with Crippen LogP contribution in [0.25, 0.3) is 0 Å². The van der Waals surface area contributed by atoms with Crippen LogP contribution in [-0.4, -0.2) is 40.7 Å². The fourth-order valence-corrected chi connectivity index (χ4v) is 3.66. The minimum Gasteiger partial charge on any atom is -0.481 e. The predicted octanol–water partition coefficient (Wildman–Crippen LogP) is 2.46. The van der Waals surface area contributed by atoms with Gasteiger partial charge in [0.25, 0.3) is 0 Å². The van der Waals surface area contributed by atoms with Crippen molar-refractivity contribution in [2.24, 2.45) is 5.92 Å². The van der Waals surface area contributed by atoms with Crippen LogP contribution < -0.4 is 10.6 Å². The molecule has 1 aliphatic rings. The van der Waals surface area contributed by atoms with E-state index in [9.17, 15) is 9.59 Å². The lowest BCUT2D eigenvalue weighted by Gasteiger charge is -2.21. The van der Waals surface area contributed by atoms with Gasteiger partial charge >= 0.3 is 12.0 Å². The Morgan fingerprint density at radius 3 is 2.80 bits per heavy atom. The molecule has 1 fully saturated rings. The van der Waals surface area contributed by atoms with E-state index in [1.54, 1.807) is 0 Å². The molecule has 0 saturated heterocycles. The average molecular weight is 302 g/mol. The molecule has 0 aliphatic heterocycles. The lowest BCUT2D eigenvalue weighted by atomic mass is 10.1. The Morgan fingerprint density at radius 1 is 1.40 bits per heavy atom. The van der Waals surface area contributed by atoms with Gasteiger partial charge in [0, 0.05) is 24.3 Å². The standard InChI is InChI=1S/C14H26N2O3S/c1-3-20-12-6-4-5-11(12)16-14(19)15-9-10(2)7-8-13(17)18/h10-12H,3-9H2,1-2H3,(H,17,18)(H2,15,16,19). The molecule has 0 aromatic rings. The molecule has 0 bridgehead atoms. The fourth-order valence-electron chi connectivity index (χ4n) is 2.46. The van der Waals surface area contributed by atoms with Crippen molar-refractivity contribution in [3.05, 3.63) is 0 Å². The number of aliphatic carboxylic acids is 1. The lowest BCUT2D eigenvalue weighted by molar-refractivity contribution is -0.137. The van der Waals surface area contributed by atoms with Crippen LogP contribution >= 0.6 is 11.8 Å². The Bertz CT molecular complexity index is 326. The molecule has 20 heavy (non-hydrogen) atoms. The molecule has 116 valence electrons. The van der Waals surface area contributed by atoms with Gasteiger partial charge < -0.3 is 15.7 Å². The molecule has 1 rings (SSSR count). The molecular formula is C14H26N2O3S. The first-order valence-corrected chi connectivity index (χ1v) is 8.45. The minimum atomic E-state index is -0.785. The van der Waals surface area contributed by atoms with Crippen molar-refractivity contribution in [3.8, 4) is 0 Å². The minimum absolute atomic E-state index is 0.124. The van der Waals surface area contributed by atoms with Gasteiger partial charge in [-0.2, -0.15) is 11.8 Å². The van der Waals surface area contributed by atoms with E-state index < -0.39 is 5.97 Å². The van der Waals surface area contributed by atoms with E-state index in [1.807, 2.05) is 18.7 Å². The van der Waals surface area contributed by atoms with E-state index in [0.717, 1.165) is 12.2 Å². The predicted molar refractivity (Wildman–Crippen MR) is 82.1 cm³/mol. The maximum atomic E-state index is 11.8. The molecule has 0 heterocycles. The van der Waals surface area contributed by atoms with Crippen LogP contribution in [0.5, 0.6) is 0 Å². The molecule has 3 unspecified atom stereocenters. The Hall–Kier alpha value is -0.910. The quantitative estimate of drug-likeness (QED) is 0.643. The summed E-state index contributed by atoms with van der Waals surface area (Å²) in [4.78, 5) is 22.3. The summed E-state index contributed by atoms with van der Waals surface area (Å²) in [6.07, 6.45) is 4.16. The van der Waals surface area contributed by atoms with Crippen molar-refractivity contribution in [2.45, 2.75) is 57.2 Å². The van der Waals surface area contributed by atoms with Crippen LogP contribution in [-0.2, 0) is 4.79 Å². The van der Waals surface area contributed by atoms with Crippen LogP contribution in [0, 0.1) is 5.92 Å². The number of amides is 2. The summed E-state index contributed by atoms with van der Waals surface area (Å²) in [6.45, 7) is 4.62. The Balaban J connectivity index is 2.21. The van der Waals surface area contributed by atoms with Crippen LogP contribution in [0.15, 0.2) is 0 Å². The topological polar surface area (TPSA) is 78.4 Å². The lowest BCUT2D eigenvalue weighted by Crippen LogP contribution is -2.45. The molecule has 0 spiro atoms. The van der Waals surface area contributed by atoms with Crippen molar-refractivity contribution < 1.29 is 14.7 Å². The molecular weight excluding hydrogens is 276 g/mol. The van der Waals surface area contributed by atoms with Crippen LogP contribution in [0.1, 0.15) is 46.0 Å². The zero-order valence-electron chi connectivity index (χ0n) is 12.4. The second kappa shape index (κ2) is 9.10. The first kappa shape index (κ1) is 17.1. The summed E-state index contributed by atoms with van der Waals surface area (Å²) >= 11 is 1.92.